The number of benzene rings is 2. The zero-order valence-corrected chi connectivity index (χ0v) is 15.8. The quantitative estimate of drug-likeness (QED) is 0.641. The molecule has 0 bridgehead atoms. The number of hydrogen-bond acceptors (Lipinski definition) is 5. The lowest BCUT2D eigenvalue weighted by Gasteiger charge is -2.11. The molecule has 3 aromatic rings. The summed E-state index contributed by atoms with van der Waals surface area (Å²) >= 11 is 6.15. The van der Waals surface area contributed by atoms with Crippen molar-refractivity contribution in [1.29, 1.82) is 0 Å². The van der Waals surface area contributed by atoms with Gasteiger partial charge in [-0.25, -0.2) is 4.98 Å². The molecule has 0 saturated carbocycles. The summed E-state index contributed by atoms with van der Waals surface area (Å²) in [5.74, 6) is -0.488. The molecular weight excluding hydrogens is 368 g/mol. The Morgan fingerprint density at radius 1 is 1.22 bits per heavy atom. The van der Waals surface area contributed by atoms with E-state index in [2.05, 4.69) is 10.3 Å². The summed E-state index contributed by atoms with van der Waals surface area (Å²) in [5.41, 5.74) is 3.78. The molecule has 7 heteroatoms. The normalized spacial score (nSPS) is 10.8. The second-order valence-electron chi connectivity index (χ2n) is 6.22. The molecule has 2 aromatic carbocycles. The van der Waals surface area contributed by atoms with Crippen molar-refractivity contribution < 1.29 is 18.7 Å². The molecule has 0 fully saturated rings. The lowest BCUT2D eigenvalue weighted by molar-refractivity contribution is -0.147. The van der Waals surface area contributed by atoms with E-state index in [1.807, 2.05) is 44.2 Å². The van der Waals surface area contributed by atoms with E-state index >= 15 is 0 Å². The molecule has 6 nitrogen and oxygen atoms in total. The molecule has 0 aliphatic carbocycles. The topological polar surface area (TPSA) is 81.4 Å². The number of carbonyl (C=O) groups excluding carboxylic acids is 2. The Labute approximate surface area is 161 Å². The molecule has 0 atom stereocenters. The standard InChI is InChI=1S/C20H19ClN2O4/c1-12-9-13(2)20(14(21)10-12)23-17(24)11-26-19(25)8-7-18-22-15-5-3-4-6-16(15)27-18/h3-6,9-10H,7-8,11H2,1-2H3,(H,23,24). The van der Waals surface area contributed by atoms with E-state index in [0.717, 1.165) is 16.6 Å². The number of carbonyl (C=O) groups is 2. The summed E-state index contributed by atoms with van der Waals surface area (Å²) in [7, 11) is 0. The van der Waals surface area contributed by atoms with E-state index in [1.165, 1.54) is 0 Å². The number of rotatable bonds is 6. The number of hydrogen-bond donors (Lipinski definition) is 1. The lowest BCUT2D eigenvalue weighted by Crippen LogP contribution is -2.21. The van der Waals surface area contributed by atoms with Crippen LogP contribution in [-0.4, -0.2) is 23.5 Å². The van der Waals surface area contributed by atoms with E-state index < -0.39 is 11.9 Å². The number of oxazole rings is 1. The van der Waals surface area contributed by atoms with Gasteiger partial charge < -0.3 is 14.5 Å². The molecule has 1 amide bonds. The average molecular weight is 387 g/mol. The molecule has 3 rings (SSSR count). The van der Waals surface area contributed by atoms with Crippen LogP contribution >= 0.6 is 11.6 Å². The van der Waals surface area contributed by atoms with Crippen LogP contribution in [0.15, 0.2) is 40.8 Å². The number of fused-ring (bicyclic) bond motifs is 1. The third-order valence-corrected chi connectivity index (χ3v) is 4.24. The van der Waals surface area contributed by atoms with Crippen LogP contribution in [0.4, 0.5) is 5.69 Å². The Morgan fingerprint density at radius 3 is 2.74 bits per heavy atom. The van der Waals surface area contributed by atoms with Gasteiger partial charge in [-0.1, -0.05) is 29.8 Å². The third kappa shape index (κ3) is 4.86. The predicted octanol–water partition coefficient (Wildman–Crippen LogP) is 4.21. The second kappa shape index (κ2) is 8.22. The summed E-state index contributed by atoms with van der Waals surface area (Å²) in [5, 5.41) is 3.12. The molecule has 0 spiro atoms. The number of ether oxygens (including phenoxy) is 1. The van der Waals surface area contributed by atoms with Crippen molar-refractivity contribution >= 4 is 40.3 Å². The lowest BCUT2D eigenvalue weighted by atomic mass is 10.1. The van der Waals surface area contributed by atoms with Gasteiger partial charge in [-0.15, -0.1) is 0 Å². The number of halogens is 1. The molecule has 1 heterocycles. The molecule has 0 unspecified atom stereocenters. The van der Waals surface area contributed by atoms with Crippen molar-refractivity contribution in [2.45, 2.75) is 26.7 Å². The first kappa shape index (κ1) is 18.9. The van der Waals surface area contributed by atoms with Crippen molar-refractivity contribution in [3.05, 3.63) is 58.4 Å². The summed E-state index contributed by atoms with van der Waals surface area (Å²) in [4.78, 5) is 28.2. The smallest absolute Gasteiger partial charge is 0.306 e. The molecule has 1 N–H and O–H groups in total. The molecule has 27 heavy (non-hydrogen) atoms. The maximum atomic E-state index is 12.0. The average Bonchev–Trinajstić information content (AvgIpc) is 3.04. The highest BCUT2D eigenvalue weighted by molar-refractivity contribution is 6.34. The maximum Gasteiger partial charge on any atom is 0.306 e. The monoisotopic (exact) mass is 386 g/mol. The number of nitrogens with zero attached hydrogens (tertiary/aromatic N) is 1. The van der Waals surface area contributed by atoms with Crippen LogP contribution in [-0.2, 0) is 20.7 Å². The number of anilines is 1. The number of amides is 1. The van der Waals surface area contributed by atoms with Gasteiger partial charge in [-0.05, 0) is 43.2 Å². The van der Waals surface area contributed by atoms with Crippen molar-refractivity contribution in [3.8, 4) is 0 Å². The van der Waals surface area contributed by atoms with Gasteiger partial charge in [0.25, 0.3) is 5.91 Å². The maximum absolute atomic E-state index is 12.0. The van der Waals surface area contributed by atoms with Crippen LogP contribution in [0.3, 0.4) is 0 Å². The van der Waals surface area contributed by atoms with Crippen molar-refractivity contribution in [3.63, 3.8) is 0 Å². The summed E-state index contributed by atoms with van der Waals surface area (Å²) in [6.45, 7) is 3.39. The highest BCUT2D eigenvalue weighted by Gasteiger charge is 2.13. The van der Waals surface area contributed by atoms with Gasteiger partial charge in [0.1, 0.15) is 5.52 Å². The van der Waals surface area contributed by atoms with Crippen LogP contribution in [0.25, 0.3) is 11.1 Å². The fourth-order valence-electron chi connectivity index (χ4n) is 2.70. The largest absolute Gasteiger partial charge is 0.456 e. The van der Waals surface area contributed by atoms with Crippen molar-refractivity contribution in [2.24, 2.45) is 0 Å². The molecule has 0 radical (unpaired) electrons. The number of esters is 1. The molecule has 140 valence electrons. The van der Waals surface area contributed by atoms with Gasteiger partial charge in [0.05, 0.1) is 17.1 Å². The Morgan fingerprint density at radius 2 is 2.00 bits per heavy atom. The number of aromatic nitrogens is 1. The zero-order chi connectivity index (χ0) is 19.4. The Bertz CT molecular complexity index is 941. The van der Waals surface area contributed by atoms with Crippen molar-refractivity contribution in [1.82, 2.24) is 4.98 Å². The van der Waals surface area contributed by atoms with Gasteiger partial charge in [-0.2, -0.15) is 0 Å². The fraction of sp³-hybridized carbons (Fsp3) is 0.250. The first-order valence-electron chi connectivity index (χ1n) is 8.49. The van der Waals surface area contributed by atoms with E-state index in [0.29, 0.717) is 28.6 Å². The highest BCUT2D eigenvalue weighted by Crippen LogP contribution is 2.27. The van der Waals surface area contributed by atoms with Crippen LogP contribution < -0.4 is 5.32 Å². The summed E-state index contributed by atoms with van der Waals surface area (Å²) in [6.07, 6.45) is 0.377. The van der Waals surface area contributed by atoms with Gasteiger partial charge in [0.2, 0.25) is 0 Å². The Hall–Kier alpha value is -2.86. The fourth-order valence-corrected chi connectivity index (χ4v) is 3.07. The molecule has 1 aromatic heterocycles. The van der Waals surface area contributed by atoms with Crippen molar-refractivity contribution in [2.75, 3.05) is 11.9 Å². The van der Waals surface area contributed by atoms with E-state index in [-0.39, 0.29) is 13.0 Å². The van der Waals surface area contributed by atoms with Crippen LogP contribution in [0.1, 0.15) is 23.4 Å². The first-order chi connectivity index (χ1) is 12.9. The van der Waals surface area contributed by atoms with Crippen LogP contribution in [0.2, 0.25) is 5.02 Å². The summed E-state index contributed by atoms with van der Waals surface area (Å²) < 4.78 is 10.6. The van der Waals surface area contributed by atoms with Gasteiger partial charge in [-0.3, -0.25) is 9.59 Å². The van der Waals surface area contributed by atoms with Gasteiger partial charge >= 0.3 is 5.97 Å². The number of nitrogens with one attached hydrogen (secondary N) is 1. The van der Waals surface area contributed by atoms with E-state index in [1.54, 1.807) is 6.07 Å². The van der Waals surface area contributed by atoms with Crippen LogP contribution in [0.5, 0.6) is 0 Å². The van der Waals surface area contributed by atoms with E-state index in [9.17, 15) is 9.59 Å². The minimum Gasteiger partial charge on any atom is -0.456 e. The number of para-hydroxylation sites is 2. The predicted molar refractivity (Wildman–Crippen MR) is 103 cm³/mol. The van der Waals surface area contributed by atoms with Gasteiger partial charge in [0, 0.05) is 6.42 Å². The second-order valence-corrected chi connectivity index (χ2v) is 6.63. The molecule has 0 aliphatic heterocycles. The molecule has 0 saturated heterocycles. The van der Waals surface area contributed by atoms with Crippen LogP contribution in [0, 0.1) is 13.8 Å². The number of aryl methyl sites for hydroxylation is 3. The highest BCUT2D eigenvalue weighted by atomic mass is 35.5. The molecule has 0 aliphatic rings. The minimum atomic E-state index is -0.501. The Kier molecular flexibility index (Phi) is 5.76. The Balaban J connectivity index is 1.48. The van der Waals surface area contributed by atoms with Gasteiger partial charge in [0.15, 0.2) is 18.1 Å². The van der Waals surface area contributed by atoms with E-state index in [4.69, 9.17) is 20.8 Å². The molecular formula is C20H19ClN2O4. The minimum absolute atomic E-state index is 0.0738. The third-order valence-electron chi connectivity index (χ3n) is 3.94. The first-order valence-corrected chi connectivity index (χ1v) is 8.87. The summed E-state index contributed by atoms with van der Waals surface area (Å²) in [6, 6.07) is 11.0. The SMILES string of the molecule is Cc1cc(C)c(NC(=O)COC(=O)CCc2nc3ccccc3o2)c(Cl)c1. The zero-order valence-electron chi connectivity index (χ0n) is 15.0.